The summed E-state index contributed by atoms with van der Waals surface area (Å²) in [5.74, 6) is 0.0261. The van der Waals surface area contributed by atoms with Gasteiger partial charge in [0, 0.05) is 45.0 Å². The van der Waals surface area contributed by atoms with Crippen molar-refractivity contribution in [2.75, 3.05) is 49.5 Å². The van der Waals surface area contributed by atoms with Gasteiger partial charge in [-0.25, -0.2) is 4.79 Å². The van der Waals surface area contributed by atoms with Gasteiger partial charge >= 0.3 is 6.03 Å². The number of anilines is 2. The van der Waals surface area contributed by atoms with Crippen LogP contribution >= 0.6 is 11.6 Å². The Morgan fingerprint density at radius 2 is 1.57 bits per heavy atom. The molecule has 2 aromatic carbocycles. The van der Waals surface area contributed by atoms with Crippen molar-refractivity contribution in [2.45, 2.75) is 12.8 Å². The lowest BCUT2D eigenvalue weighted by Gasteiger charge is -2.39. The molecule has 1 N–H and O–H groups in total. The predicted octanol–water partition coefficient (Wildman–Crippen LogP) is 3.93. The van der Waals surface area contributed by atoms with Gasteiger partial charge < -0.3 is 20.0 Å². The summed E-state index contributed by atoms with van der Waals surface area (Å²) in [4.78, 5) is 31.7. The summed E-state index contributed by atoms with van der Waals surface area (Å²) in [5.41, 5.74) is 1.79. The molecule has 1 atom stereocenters. The number of nitrogens with one attached hydrogen (secondary N) is 1. The highest BCUT2D eigenvalue weighted by atomic mass is 35.5. The number of para-hydroxylation sites is 2. The van der Waals surface area contributed by atoms with E-state index in [2.05, 4.69) is 10.2 Å². The molecule has 2 aromatic rings. The molecule has 2 heterocycles. The molecule has 0 unspecified atom stereocenters. The normalized spacial score (nSPS) is 19.5. The summed E-state index contributed by atoms with van der Waals surface area (Å²) in [6, 6.07) is 17.1. The maximum absolute atomic E-state index is 13.1. The van der Waals surface area contributed by atoms with E-state index in [0.29, 0.717) is 26.2 Å². The van der Waals surface area contributed by atoms with Crippen LogP contribution in [-0.4, -0.2) is 61.0 Å². The quantitative estimate of drug-likeness (QED) is 0.808. The van der Waals surface area contributed by atoms with E-state index in [4.69, 9.17) is 11.6 Å². The van der Waals surface area contributed by atoms with Crippen molar-refractivity contribution in [3.8, 4) is 0 Å². The number of carbonyl (C=O) groups is 2. The van der Waals surface area contributed by atoms with E-state index >= 15 is 0 Å². The van der Waals surface area contributed by atoms with Gasteiger partial charge in [0.1, 0.15) is 0 Å². The fraction of sp³-hybridized carbons (Fsp3) is 0.391. The fourth-order valence-corrected chi connectivity index (χ4v) is 4.48. The minimum atomic E-state index is -0.137. The van der Waals surface area contributed by atoms with Crippen LogP contribution in [0.15, 0.2) is 54.6 Å². The molecule has 6 nitrogen and oxygen atoms in total. The van der Waals surface area contributed by atoms with Crippen molar-refractivity contribution in [2.24, 2.45) is 5.92 Å². The number of likely N-dealkylation sites (tertiary alicyclic amines) is 1. The second-order valence-electron chi connectivity index (χ2n) is 7.85. The van der Waals surface area contributed by atoms with E-state index in [0.717, 1.165) is 42.3 Å². The molecule has 30 heavy (non-hydrogen) atoms. The zero-order valence-electron chi connectivity index (χ0n) is 17.0. The molecule has 158 valence electrons. The van der Waals surface area contributed by atoms with Gasteiger partial charge in [-0.3, -0.25) is 4.79 Å². The zero-order valence-corrected chi connectivity index (χ0v) is 17.7. The number of hydrogen-bond donors (Lipinski definition) is 1. The SMILES string of the molecule is O=C(Nc1ccccc1)N1CCC[C@@H](C(=O)N2CCN(c3ccccc3Cl)CC2)C1. The highest BCUT2D eigenvalue weighted by molar-refractivity contribution is 6.33. The molecule has 0 aromatic heterocycles. The van der Waals surface area contributed by atoms with Crippen LogP contribution in [-0.2, 0) is 4.79 Å². The van der Waals surface area contributed by atoms with Gasteiger partial charge in [0.2, 0.25) is 5.91 Å². The van der Waals surface area contributed by atoms with E-state index in [1.807, 2.05) is 59.5 Å². The average molecular weight is 427 g/mol. The Morgan fingerprint density at radius 1 is 0.867 bits per heavy atom. The van der Waals surface area contributed by atoms with Crippen molar-refractivity contribution < 1.29 is 9.59 Å². The van der Waals surface area contributed by atoms with Gasteiger partial charge in [-0.2, -0.15) is 0 Å². The van der Waals surface area contributed by atoms with Gasteiger partial charge in [-0.1, -0.05) is 41.9 Å². The number of nitrogens with zero attached hydrogens (tertiary/aromatic N) is 3. The number of amides is 3. The lowest BCUT2D eigenvalue weighted by molar-refractivity contribution is -0.137. The molecule has 4 rings (SSSR count). The van der Waals surface area contributed by atoms with Crippen LogP contribution < -0.4 is 10.2 Å². The van der Waals surface area contributed by atoms with E-state index in [-0.39, 0.29) is 17.9 Å². The molecule has 2 aliphatic heterocycles. The van der Waals surface area contributed by atoms with Crippen LogP contribution in [0.3, 0.4) is 0 Å². The largest absolute Gasteiger partial charge is 0.367 e. The number of piperidine rings is 1. The van der Waals surface area contributed by atoms with Crippen LogP contribution in [0.5, 0.6) is 0 Å². The molecule has 2 aliphatic rings. The number of benzene rings is 2. The van der Waals surface area contributed by atoms with E-state index in [1.54, 1.807) is 4.90 Å². The highest BCUT2D eigenvalue weighted by Gasteiger charge is 2.32. The first-order chi connectivity index (χ1) is 14.6. The Labute approximate surface area is 182 Å². The van der Waals surface area contributed by atoms with E-state index < -0.39 is 0 Å². The Balaban J connectivity index is 1.31. The van der Waals surface area contributed by atoms with E-state index in [1.165, 1.54) is 0 Å². The first-order valence-corrected chi connectivity index (χ1v) is 10.9. The maximum atomic E-state index is 13.1. The number of urea groups is 1. The molecule has 2 fully saturated rings. The van der Waals surface area contributed by atoms with Crippen LogP contribution in [0.4, 0.5) is 16.2 Å². The van der Waals surface area contributed by atoms with Gasteiger partial charge in [-0.15, -0.1) is 0 Å². The minimum Gasteiger partial charge on any atom is -0.367 e. The minimum absolute atomic E-state index is 0.132. The number of piperazine rings is 1. The first kappa shape index (κ1) is 20.5. The lowest BCUT2D eigenvalue weighted by Crippen LogP contribution is -2.53. The van der Waals surface area contributed by atoms with Crippen molar-refractivity contribution in [3.05, 3.63) is 59.6 Å². The second kappa shape index (κ2) is 9.39. The predicted molar refractivity (Wildman–Crippen MR) is 120 cm³/mol. The Bertz CT molecular complexity index is 884. The molecule has 0 bridgehead atoms. The molecule has 2 saturated heterocycles. The third-order valence-electron chi connectivity index (χ3n) is 5.87. The summed E-state index contributed by atoms with van der Waals surface area (Å²) < 4.78 is 0. The highest BCUT2D eigenvalue weighted by Crippen LogP contribution is 2.27. The summed E-state index contributed by atoms with van der Waals surface area (Å²) >= 11 is 6.32. The van der Waals surface area contributed by atoms with Crippen molar-refractivity contribution >= 4 is 34.9 Å². The summed E-state index contributed by atoms with van der Waals surface area (Å²) in [7, 11) is 0. The van der Waals surface area contributed by atoms with Crippen LogP contribution in [0.25, 0.3) is 0 Å². The number of halogens is 1. The van der Waals surface area contributed by atoms with Crippen molar-refractivity contribution in [1.82, 2.24) is 9.80 Å². The lowest BCUT2D eigenvalue weighted by atomic mass is 9.96. The molecule has 3 amide bonds. The molecule has 0 saturated carbocycles. The van der Waals surface area contributed by atoms with Gasteiger partial charge in [0.05, 0.1) is 16.6 Å². The van der Waals surface area contributed by atoms with Gasteiger partial charge in [0.25, 0.3) is 0 Å². The first-order valence-electron chi connectivity index (χ1n) is 10.5. The standard InChI is InChI=1S/C23H27ClN4O2/c24-20-10-4-5-11-21(20)26-13-15-27(16-14-26)22(29)18-7-6-12-28(17-18)23(30)25-19-8-2-1-3-9-19/h1-5,8-11,18H,6-7,12-17H2,(H,25,30)/t18-/m1/s1. The summed E-state index contributed by atoms with van der Waals surface area (Å²) in [6.07, 6.45) is 1.68. The number of rotatable bonds is 3. The van der Waals surface area contributed by atoms with Crippen LogP contribution in [0.1, 0.15) is 12.8 Å². The smallest absolute Gasteiger partial charge is 0.321 e. The number of carbonyl (C=O) groups excluding carboxylic acids is 2. The topological polar surface area (TPSA) is 55.9 Å². The molecule has 0 spiro atoms. The fourth-order valence-electron chi connectivity index (χ4n) is 4.22. The van der Waals surface area contributed by atoms with Crippen molar-refractivity contribution in [3.63, 3.8) is 0 Å². The number of hydrogen-bond acceptors (Lipinski definition) is 3. The zero-order chi connectivity index (χ0) is 20.9. The van der Waals surface area contributed by atoms with Gasteiger partial charge in [-0.05, 0) is 37.1 Å². The van der Waals surface area contributed by atoms with Crippen LogP contribution in [0.2, 0.25) is 5.02 Å². The molecular formula is C23H27ClN4O2. The van der Waals surface area contributed by atoms with Gasteiger partial charge in [0.15, 0.2) is 0 Å². The third kappa shape index (κ3) is 4.70. The third-order valence-corrected chi connectivity index (χ3v) is 6.19. The maximum Gasteiger partial charge on any atom is 0.321 e. The van der Waals surface area contributed by atoms with Crippen molar-refractivity contribution in [1.29, 1.82) is 0 Å². The Morgan fingerprint density at radius 3 is 2.30 bits per heavy atom. The molecule has 7 heteroatoms. The molecule has 0 radical (unpaired) electrons. The second-order valence-corrected chi connectivity index (χ2v) is 8.25. The molecule has 0 aliphatic carbocycles. The van der Waals surface area contributed by atoms with E-state index in [9.17, 15) is 9.59 Å². The average Bonchev–Trinajstić information content (AvgIpc) is 2.80. The molecular weight excluding hydrogens is 400 g/mol. The summed E-state index contributed by atoms with van der Waals surface area (Å²) in [6.45, 7) is 4.04. The Hall–Kier alpha value is -2.73. The van der Waals surface area contributed by atoms with Crippen LogP contribution in [0, 0.1) is 5.92 Å². The Kier molecular flexibility index (Phi) is 6.43. The monoisotopic (exact) mass is 426 g/mol. The summed E-state index contributed by atoms with van der Waals surface area (Å²) in [5, 5.41) is 3.66.